The Bertz CT molecular complexity index is 1030. The molecule has 12 heteroatoms. The molecule has 0 saturated heterocycles. The molecule has 0 bridgehead atoms. The molecule has 2 aromatic carbocycles. The van der Waals surface area contributed by atoms with Crippen LogP contribution in [-0.4, -0.2) is 31.0 Å². The van der Waals surface area contributed by atoms with E-state index < -0.39 is 20.9 Å². The predicted molar refractivity (Wildman–Crippen MR) is 106 cm³/mol. The van der Waals surface area contributed by atoms with Gasteiger partial charge in [0.25, 0.3) is 15.7 Å². The Labute approximate surface area is 175 Å². The number of nitrogens with zero attached hydrogens (tertiary/aromatic N) is 2. The summed E-state index contributed by atoms with van der Waals surface area (Å²) in [6.45, 7) is -0.293. The molecule has 0 aromatic heterocycles. The Kier molecular flexibility index (Phi) is 7.11. The SMILES string of the molecule is O=C(O)CCCN(c1cc([N+](=O)[O-])ccc1Cl)S(=O)(=O)c1cc(Cl)ccc1Cl. The molecule has 0 fully saturated rings. The number of anilines is 1. The van der Waals surface area contributed by atoms with Gasteiger partial charge in [0.2, 0.25) is 0 Å². The number of nitro groups is 1. The van der Waals surface area contributed by atoms with Crippen molar-refractivity contribution >= 4 is 62.2 Å². The quantitative estimate of drug-likeness (QED) is 0.447. The Morgan fingerprint density at radius 2 is 1.75 bits per heavy atom. The highest BCUT2D eigenvalue weighted by Gasteiger charge is 2.30. The van der Waals surface area contributed by atoms with Crippen molar-refractivity contribution in [2.24, 2.45) is 0 Å². The van der Waals surface area contributed by atoms with E-state index in [2.05, 4.69) is 0 Å². The fourth-order valence-electron chi connectivity index (χ4n) is 2.34. The molecule has 0 amide bonds. The molecule has 0 aliphatic rings. The van der Waals surface area contributed by atoms with E-state index in [1.165, 1.54) is 18.2 Å². The minimum atomic E-state index is -4.35. The molecule has 0 aliphatic heterocycles. The molecule has 0 atom stereocenters. The lowest BCUT2D eigenvalue weighted by atomic mass is 10.2. The highest BCUT2D eigenvalue weighted by atomic mass is 35.5. The van der Waals surface area contributed by atoms with Crippen molar-refractivity contribution in [3.05, 3.63) is 61.6 Å². The Balaban J connectivity index is 2.62. The van der Waals surface area contributed by atoms with Crippen LogP contribution in [0.2, 0.25) is 15.1 Å². The molecule has 8 nitrogen and oxygen atoms in total. The summed E-state index contributed by atoms with van der Waals surface area (Å²) in [4.78, 5) is 20.9. The average Bonchev–Trinajstić information content (AvgIpc) is 2.61. The zero-order valence-corrected chi connectivity index (χ0v) is 17.1. The Morgan fingerprint density at radius 1 is 1.11 bits per heavy atom. The van der Waals surface area contributed by atoms with Gasteiger partial charge in [-0.3, -0.25) is 19.2 Å². The molecular weight excluding hydrogens is 455 g/mol. The van der Waals surface area contributed by atoms with E-state index in [0.717, 1.165) is 22.5 Å². The number of carboxylic acids is 1. The molecule has 150 valence electrons. The first kappa shape index (κ1) is 22.2. The first-order valence-electron chi connectivity index (χ1n) is 7.67. The summed E-state index contributed by atoms with van der Waals surface area (Å²) in [6.07, 6.45) is -0.381. The summed E-state index contributed by atoms with van der Waals surface area (Å²) in [5.41, 5.74) is -0.549. The van der Waals surface area contributed by atoms with Crippen LogP contribution >= 0.6 is 34.8 Å². The van der Waals surface area contributed by atoms with Crippen LogP contribution < -0.4 is 4.31 Å². The normalized spacial score (nSPS) is 11.2. The van der Waals surface area contributed by atoms with Gasteiger partial charge < -0.3 is 5.11 Å². The molecule has 0 unspecified atom stereocenters. The monoisotopic (exact) mass is 466 g/mol. The van der Waals surface area contributed by atoms with Gasteiger partial charge in [0, 0.05) is 30.1 Å². The summed E-state index contributed by atoms with van der Waals surface area (Å²) in [5, 5.41) is 19.9. The number of benzene rings is 2. The Morgan fingerprint density at radius 3 is 2.36 bits per heavy atom. The van der Waals surface area contributed by atoms with Gasteiger partial charge in [0.1, 0.15) is 4.90 Å². The lowest BCUT2D eigenvalue weighted by molar-refractivity contribution is -0.384. The first-order valence-corrected chi connectivity index (χ1v) is 10.2. The Hall–Kier alpha value is -2.07. The fraction of sp³-hybridized carbons (Fsp3) is 0.188. The number of halogens is 3. The number of nitro benzene ring substituents is 1. The number of carbonyl (C=O) groups is 1. The number of hydrogen-bond acceptors (Lipinski definition) is 5. The molecule has 1 N–H and O–H groups in total. The molecule has 2 rings (SSSR count). The van der Waals surface area contributed by atoms with Crippen LogP contribution in [0.5, 0.6) is 0 Å². The zero-order chi connectivity index (χ0) is 21.1. The third-order valence-electron chi connectivity index (χ3n) is 3.62. The van der Waals surface area contributed by atoms with Crippen molar-refractivity contribution in [2.75, 3.05) is 10.8 Å². The van der Waals surface area contributed by atoms with E-state index in [1.807, 2.05) is 0 Å². The second-order valence-electron chi connectivity index (χ2n) is 5.54. The van der Waals surface area contributed by atoms with Gasteiger partial charge in [-0.25, -0.2) is 8.42 Å². The van der Waals surface area contributed by atoms with Crippen molar-refractivity contribution in [3.63, 3.8) is 0 Å². The van der Waals surface area contributed by atoms with Gasteiger partial charge in [-0.05, 0) is 30.7 Å². The van der Waals surface area contributed by atoms with E-state index in [0.29, 0.717) is 0 Å². The highest BCUT2D eigenvalue weighted by Crippen LogP contribution is 2.36. The maximum Gasteiger partial charge on any atom is 0.303 e. The number of aliphatic carboxylic acids is 1. The van der Waals surface area contributed by atoms with Crippen molar-refractivity contribution in [3.8, 4) is 0 Å². The molecule has 2 aromatic rings. The van der Waals surface area contributed by atoms with Gasteiger partial charge in [-0.2, -0.15) is 0 Å². The van der Waals surface area contributed by atoms with E-state index in [1.54, 1.807) is 0 Å². The maximum absolute atomic E-state index is 13.2. The van der Waals surface area contributed by atoms with E-state index >= 15 is 0 Å². The van der Waals surface area contributed by atoms with Crippen molar-refractivity contribution < 1.29 is 23.2 Å². The van der Waals surface area contributed by atoms with Crippen LogP contribution in [0.25, 0.3) is 0 Å². The van der Waals surface area contributed by atoms with Gasteiger partial charge >= 0.3 is 5.97 Å². The minimum Gasteiger partial charge on any atom is -0.481 e. The van der Waals surface area contributed by atoms with Crippen molar-refractivity contribution in [1.29, 1.82) is 0 Å². The summed E-state index contributed by atoms with van der Waals surface area (Å²) >= 11 is 18.0. The topological polar surface area (TPSA) is 118 Å². The van der Waals surface area contributed by atoms with Gasteiger partial charge in [-0.15, -0.1) is 0 Å². The number of hydrogen-bond donors (Lipinski definition) is 1. The van der Waals surface area contributed by atoms with Gasteiger partial charge in [0.05, 0.1) is 20.7 Å². The largest absolute Gasteiger partial charge is 0.481 e. The number of rotatable bonds is 8. The molecule has 0 spiro atoms. The van der Waals surface area contributed by atoms with E-state index in [9.17, 15) is 23.3 Å². The number of non-ortho nitro benzene ring substituents is 1. The summed E-state index contributed by atoms with van der Waals surface area (Å²) in [7, 11) is -4.35. The number of sulfonamides is 1. The van der Waals surface area contributed by atoms with Gasteiger partial charge in [0.15, 0.2) is 0 Å². The smallest absolute Gasteiger partial charge is 0.303 e. The van der Waals surface area contributed by atoms with Crippen LogP contribution in [0.4, 0.5) is 11.4 Å². The summed E-state index contributed by atoms with van der Waals surface area (Å²) in [6, 6.07) is 7.14. The number of carboxylic acid groups (broad SMARTS) is 1. The van der Waals surface area contributed by atoms with Crippen molar-refractivity contribution in [1.82, 2.24) is 0 Å². The summed E-state index contributed by atoms with van der Waals surface area (Å²) < 4.78 is 27.2. The lowest BCUT2D eigenvalue weighted by Gasteiger charge is -2.25. The van der Waals surface area contributed by atoms with Crippen LogP contribution in [0.1, 0.15) is 12.8 Å². The van der Waals surface area contributed by atoms with Gasteiger partial charge in [-0.1, -0.05) is 34.8 Å². The third kappa shape index (κ3) is 5.05. The second kappa shape index (κ2) is 8.95. The maximum atomic E-state index is 13.2. The molecule has 0 saturated carbocycles. The molecule has 0 radical (unpaired) electrons. The standard InChI is InChI=1S/C16H13Cl3N2O6S/c17-10-3-5-13(19)15(8-10)28(26,27)20(7-1-2-16(22)23)14-9-11(21(24)25)4-6-12(14)18/h3-6,8-9H,1-2,7H2,(H,22,23). The molecule has 0 heterocycles. The minimum absolute atomic E-state index is 0.0637. The van der Waals surface area contributed by atoms with Crippen molar-refractivity contribution in [2.45, 2.75) is 17.7 Å². The highest BCUT2D eigenvalue weighted by molar-refractivity contribution is 7.93. The van der Waals surface area contributed by atoms with Crippen LogP contribution in [0.15, 0.2) is 41.3 Å². The van der Waals surface area contributed by atoms with E-state index in [-0.39, 0.29) is 50.7 Å². The molecular formula is C16H13Cl3N2O6S. The van der Waals surface area contributed by atoms with Crippen LogP contribution in [0.3, 0.4) is 0 Å². The molecule has 0 aliphatic carbocycles. The summed E-state index contributed by atoms with van der Waals surface area (Å²) in [5.74, 6) is -1.12. The first-order chi connectivity index (χ1) is 13.0. The lowest BCUT2D eigenvalue weighted by Crippen LogP contribution is -2.33. The second-order valence-corrected chi connectivity index (χ2v) is 8.62. The van der Waals surface area contributed by atoms with Crippen LogP contribution in [0, 0.1) is 10.1 Å². The average molecular weight is 468 g/mol. The fourth-order valence-corrected chi connectivity index (χ4v) is 4.87. The molecule has 28 heavy (non-hydrogen) atoms. The van der Waals surface area contributed by atoms with E-state index in [4.69, 9.17) is 39.9 Å². The zero-order valence-electron chi connectivity index (χ0n) is 14.0. The predicted octanol–water partition coefficient (Wildman–Crippen LogP) is 4.62. The van der Waals surface area contributed by atoms with Crippen LogP contribution in [-0.2, 0) is 14.8 Å². The third-order valence-corrected chi connectivity index (χ3v) is 6.47.